The van der Waals surface area contributed by atoms with Gasteiger partial charge in [0.2, 0.25) is 0 Å². The lowest BCUT2D eigenvalue weighted by atomic mass is 9.86. The van der Waals surface area contributed by atoms with E-state index >= 15 is 0 Å². The molecule has 2 aliphatic carbocycles. The predicted octanol–water partition coefficient (Wildman–Crippen LogP) is 4.62. The molecule has 1 fully saturated rings. The van der Waals surface area contributed by atoms with Crippen molar-refractivity contribution in [2.75, 3.05) is 0 Å². The fourth-order valence-corrected chi connectivity index (χ4v) is 3.97. The van der Waals surface area contributed by atoms with E-state index in [-0.39, 0.29) is 0 Å². The van der Waals surface area contributed by atoms with Gasteiger partial charge in [-0.3, -0.25) is 0 Å². The fourth-order valence-electron chi connectivity index (χ4n) is 3.97. The Morgan fingerprint density at radius 3 is 2.68 bits per heavy atom. The van der Waals surface area contributed by atoms with Crippen LogP contribution < -0.4 is 5.32 Å². The first-order chi connectivity index (χ1) is 9.17. The maximum Gasteiger partial charge on any atom is 0.0325 e. The zero-order valence-corrected chi connectivity index (χ0v) is 12.4. The Morgan fingerprint density at radius 2 is 1.89 bits per heavy atom. The quantitative estimate of drug-likeness (QED) is 0.762. The third kappa shape index (κ3) is 2.72. The van der Waals surface area contributed by atoms with E-state index in [4.69, 9.17) is 0 Å². The summed E-state index contributed by atoms with van der Waals surface area (Å²) in [7, 11) is 0. The van der Waals surface area contributed by atoms with Gasteiger partial charge >= 0.3 is 0 Å². The summed E-state index contributed by atoms with van der Waals surface area (Å²) >= 11 is 0. The minimum absolute atomic E-state index is 0.473. The van der Waals surface area contributed by atoms with Gasteiger partial charge in [-0.1, -0.05) is 51.0 Å². The summed E-state index contributed by atoms with van der Waals surface area (Å²) < 4.78 is 0. The summed E-state index contributed by atoms with van der Waals surface area (Å²) in [6, 6.07) is 10.4. The highest BCUT2D eigenvalue weighted by molar-refractivity contribution is 5.31. The third-order valence-electron chi connectivity index (χ3n) is 5.28. The van der Waals surface area contributed by atoms with Crippen molar-refractivity contribution in [2.24, 2.45) is 5.41 Å². The first kappa shape index (κ1) is 13.2. The maximum absolute atomic E-state index is 4.00. The molecule has 1 nitrogen and oxygen atoms in total. The fraction of sp³-hybridized carbons (Fsp3) is 0.667. The van der Waals surface area contributed by atoms with Crippen LogP contribution in [0.2, 0.25) is 0 Å². The summed E-state index contributed by atoms with van der Waals surface area (Å²) in [5, 5.41) is 4.00. The van der Waals surface area contributed by atoms with Gasteiger partial charge in [0.05, 0.1) is 0 Å². The predicted molar refractivity (Wildman–Crippen MR) is 81.3 cm³/mol. The smallest absolute Gasteiger partial charge is 0.0325 e. The summed E-state index contributed by atoms with van der Waals surface area (Å²) in [5.41, 5.74) is 3.62. The summed E-state index contributed by atoms with van der Waals surface area (Å²) in [6.07, 6.45) is 9.40. The molecule has 0 spiro atoms. The molecule has 1 aromatic rings. The van der Waals surface area contributed by atoms with Crippen molar-refractivity contribution >= 4 is 0 Å². The van der Waals surface area contributed by atoms with E-state index in [2.05, 4.69) is 43.4 Å². The van der Waals surface area contributed by atoms with Crippen molar-refractivity contribution in [3.63, 3.8) is 0 Å². The van der Waals surface area contributed by atoms with Gasteiger partial charge in [-0.05, 0) is 48.6 Å². The molecule has 1 N–H and O–H groups in total. The SMILES string of the molecule is CC1(C)CCCC1NC1CCCCc2ccccc21. The van der Waals surface area contributed by atoms with Gasteiger partial charge in [-0.2, -0.15) is 0 Å². The first-order valence-corrected chi connectivity index (χ1v) is 8.01. The van der Waals surface area contributed by atoms with Crippen LogP contribution in [-0.2, 0) is 6.42 Å². The molecule has 104 valence electrons. The van der Waals surface area contributed by atoms with Crippen LogP contribution in [0.25, 0.3) is 0 Å². The topological polar surface area (TPSA) is 12.0 Å². The third-order valence-corrected chi connectivity index (χ3v) is 5.28. The van der Waals surface area contributed by atoms with Crippen molar-refractivity contribution in [1.82, 2.24) is 5.32 Å². The van der Waals surface area contributed by atoms with E-state index in [9.17, 15) is 0 Å². The molecule has 0 radical (unpaired) electrons. The molecule has 0 bridgehead atoms. The highest BCUT2D eigenvalue weighted by atomic mass is 15.0. The van der Waals surface area contributed by atoms with Crippen molar-refractivity contribution in [1.29, 1.82) is 0 Å². The van der Waals surface area contributed by atoms with Gasteiger partial charge in [-0.25, -0.2) is 0 Å². The summed E-state index contributed by atoms with van der Waals surface area (Å²) in [6.45, 7) is 4.86. The molecule has 0 heterocycles. The number of hydrogen-bond donors (Lipinski definition) is 1. The minimum Gasteiger partial charge on any atom is -0.307 e. The van der Waals surface area contributed by atoms with Crippen LogP contribution >= 0.6 is 0 Å². The zero-order valence-electron chi connectivity index (χ0n) is 12.4. The van der Waals surface area contributed by atoms with Crippen molar-refractivity contribution in [3.05, 3.63) is 35.4 Å². The van der Waals surface area contributed by atoms with E-state index in [0.717, 1.165) is 0 Å². The molecule has 19 heavy (non-hydrogen) atoms. The Hall–Kier alpha value is -0.820. The van der Waals surface area contributed by atoms with Crippen LogP contribution in [-0.4, -0.2) is 6.04 Å². The van der Waals surface area contributed by atoms with Crippen LogP contribution in [0.15, 0.2) is 24.3 Å². The molecule has 0 aromatic heterocycles. The van der Waals surface area contributed by atoms with Gasteiger partial charge in [0.1, 0.15) is 0 Å². The second kappa shape index (κ2) is 5.28. The molecule has 0 aliphatic heterocycles. The van der Waals surface area contributed by atoms with E-state index in [1.807, 2.05) is 0 Å². The van der Waals surface area contributed by atoms with Crippen LogP contribution in [0.5, 0.6) is 0 Å². The Labute approximate surface area is 117 Å². The summed E-state index contributed by atoms with van der Waals surface area (Å²) in [5.74, 6) is 0. The number of hydrogen-bond acceptors (Lipinski definition) is 1. The highest BCUT2D eigenvalue weighted by Gasteiger charge is 2.36. The molecule has 1 aromatic carbocycles. The average molecular weight is 257 g/mol. The second-order valence-corrected chi connectivity index (χ2v) is 7.10. The number of rotatable bonds is 2. The van der Waals surface area contributed by atoms with Gasteiger partial charge < -0.3 is 5.32 Å². The van der Waals surface area contributed by atoms with Gasteiger partial charge in [0.15, 0.2) is 0 Å². The normalized spacial score (nSPS) is 29.8. The van der Waals surface area contributed by atoms with E-state index in [1.165, 1.54) is 44.9 Å². The molecular weight excluding hydrogens is 230 g/mol. The standard InChI is InChI=1S/C18H27N/c1-18(2)13-7-12-17(18)19-16-11-6-4-9-14-8-3-5-10-15(14)16/h3,5,8,10,16-17,19H,4,6-7,9,11-13H2,1-2H3. The van der Waals surface area contributed by atoms with Crippen LogP contribution in [0, 0.1) is 5.41 Å². The van der Waals surface area contributed by atoms with Crippen LogP contribution in [0.3, 0.4) is 0 Å². The molecule has 0 saturated heterocycles. The molecule has 0 amide bonds. The van der Waals surface area contributed by atoms with E-state index < -0.39 is 0 Å². The Morgan fingerprint density at radius 1 is 1.05 bits per heavy atom. The average Bonchev–Trinajstić information content (AvgIpc) is 2.62. The molecule has 1 heteroatoms. The maximum atomic E-state index is 4.00. The van der Waals surface area contributed by atoms with E-state index in [1.54, 1.807) is 11.1 Å². The number of fused-ring (bicyclic) bond motifs is 1. The van der Waals surface area contributed by atoms with Crippen molar-refractivity contribution < 1.29 is 0 Å². The molecule has 1 saturated carbocycles. The monoisotopic (exact) mass is 257 g/mol. The van der Waals surface area contributed by atoms with E-state index in [0.29, 0.717) is 17.5 Å². The summed E-state index contributed by atoms with van der Waals surface area (Å²) in [4.78, 5) is 0. The van der Waals surface area contributed by atoms with Gasteiger partial charge in [-0.15, -0.1) is 0 Å². The highest BCUT2D eigenvalue weighted by Crippen LogP contribution is 2.39. The minimum atomic E-state index is 0.473. The Kier molecular flexibility index (Phi) is 3.66. The first-order valence-electron chi connectivity index (χ1n) is 8.01. The van der Waals surface area contributed by atoms with Crippen molar-refractivity contribution in [2.45, 2.75) is 70.9 Å². The zero-order chi connectivity index (χ0) is 13.3. The molecule has 3 rings (SSSR count). The second-order valence-electron chi connectivity index (χ2n) is 7.10. The molecular formula is C18H27N. The van der Waals surface area contributed by atoms with Crippen LogP contribution in [0.4, 0.5) is 0 Å². The van der Waals surface area contributed by atoms with Gasteiger partial charge in [0.25, 0.3) is 0 Å². The Bertz CT molecular complexity index is 435. The molecule has 2 aliphatic rings. The Balaban J connectivity index is 1.81. The largest absolute Gasteiger partial charge is 0.307 e. The van der Waals surface area contributed by atoms with Gasteiger partial charge in [0, 0.05) is 12.1 Å². The van der Waals surface area contributed by atoms with Crippen LogP contribution in [0.1, 0.15) is 69.5 Å². The van der Waals surface area contributed by atoms with Crippen molar-refractivity contribution in [3.8, 4) is 0 Å². The lowest BCUT2D eigenvalue weighted by Gasteiger charge is -2.32. The number of benzene rings is 1. The number of nitrogens with one attached hydrogen (secondary N) is 1. The molecule has 2 unspecified atom stereocenters. The lowest BCUT2D eigenvalue weighted by molar-refractivity contribution is 0.256. The number of aryl methyl sites for hydroxylation is 1. The molecule has 2 atom stereocenters. The lowest BCUT2D eigenvalue weighted by Crippen LogP contribution is -2.40.